The van der Waals surface area contributed by atoms with Crippen LogP contribution < -0.4 is 4.74 Å². The maximum Gasteiger partial charge on any atom is 0.332 e. The predicted molar refractivity (Wildman–Crippen MR) is 66.8 cm³/mol. The fourth-order valence-electron chi connectivity index (χ4n) is 2.27. The van der Waals surface area contributed by atoms with E-state index in [1.165, 1.54) is 56.4 Å². The molecule has 1 fully saturated rings. The minimum absolute atomic E-state index is 0.326. The summed E-state index contributed by atoms with van der Waals surface area (Å²) in [6.07, 6.45) is 6.20. The van der Waals surface area contributed by atoms with Gasteiger partial charge in [0.1, 0.15) is 5.75 Å². The molecule has 0 heterocycles. The summed E-state index contributed by atoms with van der Waals surface area (Å²) in [6.45, 7) is 0.654. The smallest absolute Gasteiger partial charge is 0.332 e. The first kappa shape index (κ1) is 13.3. The molecule has 2 rings (SSSR count). The van der Waals surface area contributed by atoms with Crippen LogP contribution in [0.3, 0.4) is 0 Å². The Balaban J connectivity index is 1.90. The SMILES string of the molecule is O=S(=O)(F)c1ccc(OCC2CCCCC2)cc1. The third-order valence-corrected chi connectivity index (χ3v) is 4.15. The molecule has 0 atom stereocenters. The summed E-state index contributed by atoms with van der Waals surface area (Å²) in [7, 11) is -4.61. The monoisotopic (exact) mass is 272 g/mol. The van der Waals surface area contributed by atoms with Crippen LogP contribution in [0.4, 0.5) is 3.89 Å². The number of benzene rings is 1. The molecule has 3 nitrogen and oxygen atoms in total. The Labute approximate surface area is 107 Å². The molecule has 1 aromatic carbocycles. The van der Waals surface area contributed by atoms with Gasteiger partial charge in [-0.2, -0.15) is 8.42 Å². The summed E-state index contributed by atoms with van der Waals surface area (Å²) in [4.78, 5) is -0.326. The highest BCUT2D eigenvalue weighted by molar-refractivity contribution is 7.86. The average Bonchev–Trinajstić information content (AvgIpc) is 2.37. The molecule has 1 aromatic rings. The van der Waals surface area contributed by atoms with Gasteiger partial charge in [-0.3, -0.25) is 0 Å². The Morgan fingerprint density at radius 2 is 1.72 bits per heavy atom. The second-order valence-corrected chi connectivity index (χ2v) is 6.07. The van der Waals surface area contributed by atoms with Crippen molar-refractivity contribution in [2.45, 2.75) is 37.0 Å². The fourth-order valence-corrected chi connectivity index (χ4v) is 2.73. The first-order chi connectivity index (χ1) is 8.55. The van der Waals surface area contributed by atoms with Gasteiger partial charge in [-0.05, 0) is 43.0 Å². The van der Waals surface area contributed by atoms with Crippen molar-refractivity contribution < 1.29 is 17.0 Å². The molecule has 5 heteroatoms. The van der Waals surface area contributed by atoms with Crippen LogP contribution in [0.5, 0.6) is 5.75 Å². The largest absolute Gasteiger partial charge is 0.493 e. The van der Waals surface area contributed by atoms with Crippen molar-refractivity contribution in [2.75, 3.05) is 6.61 Å². The Bertz CT molecular complexity index is 475. The predicted octanol–water partition coefficient (Wildman–Crippen LogP) is 3.30. The van der Waals surface area contributed by atoms with Gasteiger partial charge in [0.05, 0.1) is 11.5 Å². The third kappa shape index (κ3) is 3.70. The third-order valence-electron chi connectivity index (χ3n) is 3.32. The summed E-state index contributed by atoms with van der Waals surface area (Å²) in [5, 5.41) is 0. The van der Waals surface area contributed by atoms with Gasteiger partial charge >= 0.3 is 10.2 Å². The standard InChI is InChI=1S/C13H17FO3S/c14-18(15,16)13-8-6-12(7-9-13)17-10-11-4-2-1-3-5-11/h6-9,11H,1-5,10H2. The lowest BCUT2D eigenvalue weighted by Crippen LogP contribution is -2.15. The van der Waals surface area contributed by atoms with E-state index in [4.69, 9.17) is 4.74 Å². The molecule has 0 spiro atoms. The highest BCUT2D eigenvalue weighted by Crippen LogP contribution is 2.25. The molecule has 1 aliphatic rings. The van der Waals surface area contributed by atoms with Gasteiger partial charge in [0, 0.05) is 0 Å². The van der Waals surface area contributed by atoms with E-state index in [2.05, 4.69) is 0 Å². The van der Waals surface area contributed by atoms with Crippen LogP contribution in [-0.4, -0.2) is 15.0 Å². The first-order valence-corrected chi connectivity index (χ1v) is 7.61. The van der Waals surface area contributed by atoms with E-state index in [-0.39, 0.29) is 4.90 Å². The molecule has 18 heavy (non-hydrogen) atoms. The van der Waals surface area contributed by atoms with Gasteiger partial charge < -0.3 is 4.74 Å². The molecule has 0 aromatic heterocycles. The second kappa shape index (κ2) is 5.69. The topological polar surface area (TPSA) is 43.4 Å². The highest BCUT2D eigenvalue weighted by Gasteiger charge is 2.15. The maximum absolute atomic E-state index is 12.7. The molecular formula is C13H17FO3S. The Morgan fingerprint density at radius 1 is 1.11 bits per heavy atom. The van der Waals surface area contributed by atoms with E-state index < -0.39 is 10.2 Å². The van der Waals surface area contributed by atoms with Gasteiger partial charge in [-0.1, -0.05) is 19.3 Å². The van der Waals surface area contributed by atoms with Gasteiger partial charge in [0.2, 0.25) is 0 Å². The van der Waals surface area contributed by atoms with Crippen LogP contribution >= 0.6 is 0 Å². The van der Waals surface area contributed by atoms with Crippen LogP contribution in [-0.2, 0) is 10.2 Å². The molecule has 0 N–H and O–H groups in total. The molecule has 0 saturated heterocycles. The van der Waals surface area contributed by atoms with E-state index in [0.29, 0.717) is 18.3 Å². The summed E-state index contributed by atoms with van der Waals surface area (Å²) >= 11 is 0. The number of ether oxygens (including phenoxy) is 1. The number of hydrogen-bond acceptors (Lipinski definition) is 3. The Kier molecular flexibility index (Phi) is 4.22. The van der Waals surface area contributed by atoms with Crippen LogP contribution in [0.2, 0.25) is 0 Å². The summed E-state index contributed by atoms with van der Waals surface area (Å²) in [5.41, 5.74) is 0. The lowest BCUT2D eigenvalue weighted by Gasteiger charge is -2.21. The first-order valence-electron chi connectivity index (χ1n) is 6.23. The summed E-state index contributed by atoms with van der Waals surface area (Å²) in [5.74, 6) is 1.18. The second-order valence-electron chi connectivity index (χ2n) is 4.72. The van der Waals surface area contributed by atoms with E-state index in [1.807, 2.05) is 0 Å². The molecule has 1 aliphatic carbocycles. The van der Waals surface area contributed by atoms with Crippen molar-refractivity contribution in [2.24, 2.45) is 5.92 Å². The Hall–Kier alpha value is -1.10. The molecule has 100 valence electrons. The van der Waals surface area contributed by atoms with Crippen LogP contribution in [0.1, 0.15) is 32.1 Å². The van der Waals surface area contributed by atoms with Crippen molar-refractivity contribution in [3.05, 3.63) is 24.3 Å². The lowest BCUT2D eigenvalue weighted by atomic mass is 9.90. The van der Waals surface area contributed by atoms with Crippen molar-refractivity contribution in [1.82, 2.24) is 0 Å². The molecule has 0 amide bonds. The van der Waals surface area contributed by atoms with E-state index in [0.717, 1.165) is 0 Å². The number of hydrogen-bond donors (Lipinski definition) is 0. The van der Waals surface area contributed by atoms with E-state index in [9.17, 15) is 12.3 Å². The van der Waals surface area contributed by atoms with Crippen LogP contribution in [0.25, 0.3) is 0 Å². The number of rotatable bonds is 4. The highest BCUT2D eigenvalue weighted by atomic mass is 32.3. The van der Waals surface area contributed by atoms with Gasteiger partial charge in [0.25, 0.3) is 0 Å². The molecule has 0 bridgehead atoms. The normalized spacial score (nSPS) is 17.6. The van der Waals surface area contributed by atoms with E-state index >= 15 is 0 Å². The van der Waals surface area contributed by atoms with Crippen LogP contribution in [0, 0.1) is 5.92 Å². The fraction of sp³-hybridized carbons (Fsp3) is 0.538. The van der Waals surface area contributed by atoms with Gasteiger partial charge in [-0.15, -0.1) is 3.89 Å². The zero-order chi connectivity index (χ0) is 13.0. The number of halogens is 1. The van der Waals surface area contributed by atoms with Crippen LogP contribution in [0.15, 0.2) is 29.2 Å². The summed E-state index contributed by atoms with van der Waals surface area (Å²) in [6, 6.07) is 5.45. The molecule has 0 aliphatic heterocycles. The van der Waals surface area contributed by atoms with Crippen molar-refractivity contribution in [3.63, 3.8) is 0 Å². The quantitative estimate of drug-likeness (QED) is 0.790. The van der Waals surface area contributed by atoms with Crippen molar-refractivity contribution in [1.29, 1.82) is 0 Å². The van der Waals surface area contributed by atoms with Crippen molar-refractivity contribution >= 4 is 10.2 Å². The minimum atomic E-state index is -4.61. The summed E-state index contributed by atoms with van der Waals surface area (Å²) < 4.78 is 39.5. The zero-order valence-corrected chi connectivity index (χ0v) is 11.0. The van der Waals surface area contributed by atoms with Crippen molar-refractivity contribution in [3.8, 4) is 5.75 Å². The maximum atomic E-state index is 12.7. The minimum Gasteiger partial charge on any atom is -0.493 e. The molecule has 0 unspecified atom stereocenters. The molecule has 0 radical (unpaired) electrons. The average molecular weight is 272 g/mol. The lowest BCUT2D eigenvalue weighted by molar-refractivity contribution is 0.208. The molecule has 1 saturated carbocycles. The molecular weight excluding hydrogens is 255 g/mol. The van der Waals surface area contributed by atoms with Gasteiger partial charge in [-0.25, -0.2) is 0 Å². The van der Waals surface area contributed by atoms with E-state index in [1.54, 1.807) is 0 Å². The Morgan fingerprint density at radius 3 is 2.28 bits per heavy atom. The van der Waals surface area contributed by atoms with Gasteiger partial charge in [0.15, 0.2) is 0 Å². The zero-order valence-electron chi connectivity index (χ0n) is 10.1.